The lowest BCUT2D eigenvalue weighted by molar-refractivity contribution is -0.140. The molecule has 4 aromatic heterocycles. The Bertz CT molecular complexity index is 1810. The van der Waals surface area contributed by atoms with Gasteiger partial charge in [-0.1, -0.05) is 0 Å². The number of benzene rings is 1. The smallest absolute Gasteiger partial charge is 0.433 e. The number of hydrogen-bond donors (Lipinski definition) is 3. The molecule has 0 saturated carbocycles. The molecule has 0 fully saturated rings. The zero-order valence-corrected chi connectivity index (χ0v) is 22.5. The Morgan fingerprint density at radius 2 is 1.88 bits per heavy atom. The number of nitrogens with two attached hydrogens (primary N) is 1. The number of nitrogens with one attached hydrogen (secondary N) is 2. The number of rotatable bonds is 8. The van der Waals surface area contributed by atoms with E-state index in [-0.39, 0.29) is 43.5 Å². The van der Waals surface area contributed by atoms with Crippen molar-refractivity contribution in [2.24, 2.45) is 5.73 Å². The van der Waals surface area contributed by atoms with E-state index in [1.165, 1.54) is 36.5 Å². The molecule has 218 valence electrons. The fourth-order valence-electron chi connectivity index (χ4n) is 4.35. The number of fused-ring (bicyclic) bond motifs is 1. The third-order valence-electron chi connectivity index (χ3n) is 6.31. The van der Waals surface area contributed by atoms with E-state index in [0.717, 1.165) is 6.07 Å². The summed E-state index contributed by atoms with van der Waals surface area (Å²) in [6.07, 6.45) is -3.40. The molecule has 4 N–H and O–H groups in total. The van der Waals surface area contributed by atoms with E-state index in [9.17, 15) is 31.5 Å². The van der Waals surface area contributed by atoms with Crippen molar-refractivity contribution in [3.63, 3.8) is 0 Å². The second-order valence-electron chi connectivity index (χ2n) is 8.89. The number of aromatic amines is 1. The van der Waals surface area contributed by atoms with E-state index in [0.29, 0.717) is 34.7 Å². The molecule has 10 nitrogen and oxygen atoms in total. The predicted octanol–water partition coefficient (Wildman–Crippen LogP) is 5.85. The van der Waals surface area contributed by atoms with Gasteiger partial charge in [0.25, 0.3) is 11.8 Å². The number of ether oxygens (including phenoxy) is 1. The number of carbonyl (C=O) groups excluding carboxylic acids is 2. The molecule has 0 spiro atoms. The van der Waals surface area contributed by atoms with Crippen molar-refractivity contribution >= 4 is 39.1 Å². The largest absolute Gasteiger partial charge is 0.435 e. The molecule has 1 aromatic carbocycles. The first-order chi connectivity index (χ1) is 19.9. The highest BCUT2D eigenvalue weighted by atomic mass is 32.1. The zero-order chi connectivity index (χ0) is 30.3. The van der Waals surface area contributed by atoms with E-state index in [1.54, 1.807) is 11.6 Å². The number of amides is 2. The number of carbonyl (C=O) groups is 2. The van der Waals surface area contributed by atoms with Gasteiger partial charge < -0.3 is 15.8 Å². The Labute approximate surface area is 237 Å². The van der Waals surface area contributed by atoms with E-state index < -0.39 is 30.3 Å². The predicted molar refractivity (Wildman–Crippen MR) is 143 cm³/mol. The van der Waals surface area contributed by atoms with Crippen molar-refractivity contribution in [1.29, 1.82) is 0 Å². The molecule has 0 unspecified atom stereocenters. The van der Waals surface area contributed by atoms with E-state index in [1.807, 2.05) is 6.92 Å². The molecule has 5 aromatic rings. The topological polar surface area (TPSA) is 141 Å². The SMILES string of the molecule is CCn1ncc(-c2cc(C(F)(F)F)nc3sc(C(N)=O)c(NC(=O)c4cc(-c5ccc(OC(F)F)cc5)n[nH]4)c23)c1C. The van der Waals surface area contributed by atoms with Crippen molar-refractivity contribution in [2.45, 2.75) is 33.2 Å². The van der Waals surface area contributed by atoms with Crippen LogP contribution in [0.3, 0.4) is 0 Å². The van der Waals surface area contributed by atoms with Gasteiger partial charge >= 0.3 is 12.8 Å². The minimum absolute atomic E-state index is 0.0555. The fraction of sp³-hybridized carbons (Fsp3) is 0.192. The molecule has 2 amide bonds. The Balaban J connectivity index is 1.58. The van der Waals surface area contributed by atoms with E-state index in [4.69, 9.17) is 5.73 Å². The summed E-state index contributed by atoms with van der Waals surface area (Å²) < 4.78 is 72.2. The van der Waals surface area contributed by atoms with Crippen LogP contribution in [0.15, 0.2) is 42.6 Å². The summed E-state index contributed by atoms with van der Waals surface area (Å²) in [6.45, 7) is 0.968. The van der Waals surface area contributed by atoms with Gasteiger partial charge in [0.1, 0.15) is 26.8 Å². The van der Waals surface area contributed by atoms with Gasteiger partial charge in [-0.15, -0.1) is 11.3 Å². The van der Waals surface area contributed by atoms with Crippen LogP contribution in [0.1, 0.15) is 38.5 Å². The van der Waals surface area contributed by atoms with Crippen molar-refractivity contribution in [3.05, 3.63) is 64.6 Å². The zero-order valence-electron chi connectivity index (χ0n) is 21.7. The Morgan fingerprint density at radius 1 is 1.17 bits per heavy atom. The first-order valence-electron chi connectivity index (χ1n) is 12.2. The van der Waals surface area contributed by atoms with Crippen LogP contribution in [0.25, 0.3) is 32.6 Å². The Morgan fingerprint density at radius 3 is 2.48 bits per heavy atom. The van der Waals surface area contributed by atoms with Gasteiger partial charge in [-0.2, -0.15) is 32.1 Å². The molecule has 0 radical (unpaired) electrons. The second kappa shape index (κ2) is 10.8. The first kappa shape index (κ1) is 28.7. The van der Waals surface area contributed by atoms with Crippen LogP contribution < -0.4 is 15.8 Å². The van der Waals surface area contributed by atoms with Crippen LogP contribution in [-0.2, 0) is 12.7 Å². The van der Waals surface area contributed by atoms with Crippen molar-refractivity contribution in [3.8, 4) is 28.1 Å². The number of thiophene rings is 1. The summed E-state index contributed by atoms with van der Waals surface area (Å²) in [5.41, 5.74) is 5.92. The molecule has 16 heteroatoms. The number of H-pyrrole nitrogens is 1. The maximum absolute atomic E-state index is 13.8. The number of halogens is 5. The highest BCUT2D eigenvalue weighted by Gasteiger charge is 2.35. The van der Waals surface area contributed by atoms with Crippen LogP contribution in [0.4, 0.5) is 27.6 Å². The molecule has 0 aliphatic heterocycles. The summed E-state index contributed by atoms with van der Waals surface area (Å²) in [5, 5.41) is 13.5. The highest BCUT2D eigenvalue weighted by Crippen LogP contribution is 2.44. The molecule has 0 aliphatic rings. The van der Waals surface area contributed by atoms with Gasteiger partial charge in [0.2, 0.25) is 0 Å². The minimum Gasteiger partial charge on any atom is -0.435 e. The quantitative estimate of drug-likeness (QED) is 0.190. The standard InChI is InChI=1S/C26H20F5N7O3S/c1-3-38-11(2)15(10-33-38)14-8-18(26(29,30)31)34-24-19(14)20(21(42-24)22(32)39)35-23(40)17-9-16(36-37-17)12-4-6-13(7-5-12)41-25(27)28/h4-10,25H,3H2,1-2H3,(H2,32,39)(H,35,40)(H,36,37). The van der Waals surface area contributed by atoms with Gasteiger partial charge in [0.05, 0.1) is 17.6 Å². The number of alkyl halides is 5. The third-order valence-corrected chi connectivity index (χ3v) is 7.40. The monoisotopic (exact) mass is 605 g/mol. The molecular formula is C26H20F5N7O3S. The number of hydrogen-bond acceptors (Lipinski definition) is 7. The summed E-state index contributed by atoms with van der Waals surface area (Å²) in [6, 6.07) is 7.74. The number of primary amides is 1. The van der Waals surface area contributed by atoms with Gasteiger partial charge in [-0.05, 0) is 55.8 Å². The molecular weight excluding hydrogens is 585 g/mol. The Kier molecular flexibility index (Phi) is 7.40. The lowest BCUT2D eigenvalue weighted by atomic mass is 10.0. The molecule has 5 rings (SSSR count). The van der Waals surface area contributed by atoms with Crippen LogP contribution >= 0.6 is 11.3 Å². The highest BCUT2D eigenvalue weighted by molar-refractivity contribution is 7.21. The number of aromatic nitrogens is 5. The third kappa shape index (κ3) is 5.39. The minimum atomic E-state index is -4.80. The average molecular weight is 606 g/mol. The van der Waals surface area contributed by atoms with Crippen molar-refractivity contribution in [2.75, 3.05) is 5.32 Å². The number of pyridine rings is 1. The van der Waals surface area contributed by atoms with Gasteiger partial charge in [-0.25, -0.2) is 4.98 Å². The van der Waals surface area contributed by atoms with Crippen LogP contribution in [0, 0.1) is 6.92 Å². The molecule has 42 heavy (non-hydrogen) atoms. The molecule has 0 saturated heterocycles. The maximum Gasteiger partial charge on any atom is 0.433 e. The number of nitrogens with zero attached hydrogens (tertiary/aromatic N) is 4. The average Bonchev–Trinajstić information content (AvgIpc) is 3.65. The van der Waals surface area contributed by atoms with Crippen LogP contribution in [0.5, 0.6) is 5.75 Å². The van der Waals surface area contributed by atoms with Crippen molar-refractivity contribution in [1.82, 2.24) is 25.0 Å². The molecule has 0 aliphatic carbocycles. The molecule has 0 bridgehead atoms. The summed E-state index contributed by atoms with van der Waals surface area (Å²) in [7, 11) is 0. The lowest BCUT2D eigenvalue weighted by Crippen LogP contribution is -2.17. The molecule has 0 atom stereocenters. The normalized spacial score (nSPS) is 11.8. The van der Waals surface area contributed by atoms with Gasteiger partial charge in [0.15, 0.2) is 0 Å². The number of anilines is 1. The maximum atomic E-state index is 13.8. The summed E-state index contributed by atoms with van der Waals surface area (Å²) in [5.74, 6) is -1.83. The number of aryl methyl sites for hydroxylation is 1. The Hall–Kier alpha value is -4.86. The second-order valence-corrected chi connectivity index (χ2v) is 9.89. The van der Waals surface area contributed by atoms with Crippen molar-refractivity contribution < 1.29 is 36.3 Å². The summed E-state index contributed by atoms with van der Waals surface area (Å²) in [4.78, 5) is 29.0. The van der Waals surface area contributed by atoms with E-state index in [2.05, 4.69) is 30.3 Å². The van der Waals surface area contributed by atoms with Crippen LogP contribution in [-0.4, -0.2) is 43.4 Å². The van der Waals surface area contributed by atoms with E-state index >= 15 is 0 Å². The fourth-order valence-corrected chi connectivity index (χ4v) is 5.36. The first-order valence-corrected chi connectivity index (χ1v) is 13.0. The van der Waals surface area contributed by atoms with Crippen LogP contribution in [0.2, 0.25) is 0 Å². The van der Waals surface area contributed by atoms with Gasteiger partial charge in [0, 0.05) is 28.8 Å². The lowest BCUT2D eigenvalue weighted by Gasteiger charge is -2.12. The molecule has 4 heterocycles. The summed E-state index contributed by atoms with van der Waals surface area (Å²) >= 11 is 0.616. The van der Waals surface area contributed by atoms with Gasteiger partial charge in [-0.3, -0.25) is 19.4 Å².